The normalized spacial score (nSPS) is 12.0. The highest BCUT2D eigenvalue weighted by molar-refractivity contribution is 5.75. The van der Waals surface area contributed by atoms with E-state index in [0.717, 1.165) is 5.57 Å². The molecule has 0 amide bonds. The second kappa shape index (κ2) is 4.91. The lowest BCUT2D eigenvalue weighted by Crippen LogP contribution is -2.30. The highest BCUT2D eigenvalue weighted by atomic mass is 16.5. The molecule has 0 aromatic carbocycles. The number of carbonyl (C=O) groups is 1. The molecule has 0 saturated carbocycles. The fourth-order valence-electron chi connectivity index (χ4n) is 0.610. The summed E-state index contributed by atoms with van der Waals surface area (Å²) in [7, 11) is 1.34. The first-order chi connectivity index (χ1) is 5.07. The molecule has 0 saturated heterocycles. The van der Waals surface area contributed by atoms with E-state index in [0.29, 0.717) is 6.42 Å². The van der Waals surface area contributed by atoms with Crippen molar-refractivity contribution < 1.29 is 9.53 Å². The molecule has 0 aliphatic rings. The summed E-state index contributed by atoms with van der Waals surface area (Å²) < 4.78 is 4.45. The maximum atomic E-state index is 10.7. The predicted molar refractivity (Wildman–Crippen MR) is 44.0 cm³/mol. The molecule has 0 spiro atoms. The van der Waals surface area contributed by atoms with Gasteiger partial charge >= 0.3 is 5.97 Å². The number of nitrogens with two attached hydrogens (primary N) is 1. The van der Waals surface area contributed by atoms with Gasteiger partial charge < -0.3 is 10.5 Å². The van der Waals surface area contributed by atoms with Crippen molar-refractivity contribution >= 4 is 5.97 Å². The maximum Gasteiger partial charge on any atom is 0.322 e. The van der Waals surface area contributed by atoms with Crippen molar-refractivity contribution in [3.63, 3.8) is 0 Å². The van der Waals surface area contributed by atoms with Gasteiger partial charge in [0, 0.05) is 0 Å². The van der Waals surface area contributed by atoms with Crippen LogP contribution in [0.3, 0.4) is 0 Å². The van der Waals surface area contributed by atoms with Crippen molar-refractivity contribution in [2.24, 2.45) is 5.73 Å². The van der Waals surface area contributed by atoms with Gasteiger partial charge in [-0.25, -0.2) is 0 Å². The first-order valence-electron chi connectivity index (χ1n) is 3.54. The van der Waals surface area contributed by atoms with Crippen molar-refractivity contribution in [2.45, 2.75) is 26.3 Å². The Hall–Kier alpha value is -0.830. The predicted octanol–water partition coefficient (Wildman–Crippen LogP) is 0.843. The van der Waals surface area contributed by atoms with Gasteiger partial charge in [-0.15, -0.1) is 0 Å². The van der Waals surface area contributed by atoms with E-state index in [-0.39, 0.29) is 5.97 Å². The molecule has 0 aliphatic carbocycles. The van der Waals surface area contributed by atoms with Crippen molar-refractivity contribution in [3.8, 4) is 0 Å². The molecule has 0 radical (unpaired) electrons. The van der Waals surface area contributed by atoms with Gasteiger partial charge in [-0.05, 0) is 20.3 Å². The highest BCUT2D eigenvalue weighted by Crippen LogP contribution is 1.97. The van der Waals surface area contributed by atoms with Gasteiger partial charge in [0.05, 0.1) is 7.11 Å². The van der Waals surface area contributed by atoms with Gasteiger partial charge in [-0.2, -0.15) is 0 Å². The Labute approximate surface area is 67.2 Å². The molecule has 3 heteroatoms. The molecule has 0 bridgehead atoms. The van der Waals surface area contributed by atoms with E-state index >= 15 is 0 Å². The lowest BCUT2D eigenvalue weighted by Gasteiger charge is -2.05. The molecule has 11 heavy (non-hydrogen) atoms. The Morgan fingerprint density at radius 3 is 2.55 bits per heavy atom. The van der Waals surface area contributed by atoms with Crippen LogP contribution in [0.2, 0.25) is 0 Å². The van der Waals surface area contributed by atoms with Gasteiger partial charge in [0.25, 0.3) is 0 Å². The number of carbonyl (C=O) groups excluding carboxylic acids is 1. The van der Waals surface area contributed by atoms with Gasteiger partial charge in [-0.3, -0.25) is 4.79 Å². The molecule has 1 unspecified atom stereocenters. The summed E-state index contributed by atoms with van der Waals surface area (Å²) in [5, 5.41) is 0. The minimum atomic E-state index is -0.519. The largest absolute Gasteiger partial charge is 0.468 e. The molecule has 0 aliphatic heterocycles. The number of methoxy groups -OCH3 is 1. The van der Waals surface area contributed by atoms with E-state index in [4.69, 9.17) is 5.73 Å². The number of rotatable bonds is 3. The molecule has 0 aromatic rings. The Morgan fingerprint density at radius 1 is 1.64 bits per heavy atom. The number of ether oxygens (including phenoxy) is 1. The lowest BCUT2D eigenvalue weighted by atomic mass is 10.2. The van der Waals surface area contributed by atoms with E-state index in [1.807, 2.05) is 19.9 Å². The average molecular weight is 157 g/mol. The molecule has 3 nitrogen and oxygen atoms in total. The summed E-state index contributed by atoms with van der Waals surface area (Å²) >= 11 is 0. The number of allylic oxidation sites excluding steroid dienone is 1. The molecule has 0 heterocycles. The maximum absolute atomic E-state index is 10.7. The van der Waals surface area contributed by atoms with Crippen LogP contribution in [0.25, 0.3) is 0 Å². The number of esters is 1. The second-order valence-electron chi connectivity index (χ2n) is 2.65. The number of hydrogen-bond acceptors (Lipinski definition) is 3. The molecule has 0 fully saturated rings. The van der Waals surface area contributed by atoms with E-state index in [2.05, 4.69) is 4.74 Å². The summed E-state index contributed by atoms with van der Waals surface area (Å²) in [4.78, 5) is 10.7. The summed E-state index contributed by atoms with van der Waals surface area (Å²) in [6.07, 6.45) is 2.47. The molecular weight excluding hydrogens is 142 g/mol. The minimum absolute atomic E-state index is 0.359. The zero-order chi connectivity index (χ0) is 8.85. The third-order valence-electron chi connectivity index (χ3n) is 1.28. The first-order valence-corrected chi connectivity index (χ1v) is 3.54. The Bertz CT molecular complexity index is 159. The van der Waals surface area contributed by atoms with Crippen LogP contribution in [0.1, 0.15) is 20.3 Å². The third kappa shape index (κ3) is 4.56. The SMILES string of the molecule is COC(=O)C(N)CC=C(C)C. The standard InChI is InChI=1S/C8H15NO2/c1-6(2)4-5-7(9)8(10)11-3/h4,7H,5,9H2,1-3H3. The van der Waals surface area contributed by atoms with Crippen molar-refractivity contribution in [1.82, 2.24) is 0 Å². The quantitative estimate of drug-likeness (QED) is 0.488. The van der Waals surface area contributed by atoms with Crippen molar-refractivity contribution in [3.05, 3.63) is 11.6 Å². The van der Waals surface area contributed by atoms with E-state index in [1.165, 1.54) is 7.11 Å². The van der Waals surface area contributed by atoms with Crippen LogP contribution in [0.5, 0.6) is 0 Å². The zero-order valence-electron chi connectivity index (χ0n) is 7.26. The topological polar surface area (TPSA) is 52.3 Å². The lowest BCUT2D eigenvalue weighted by molar-refractivity contribution is -0.142. The van der Waals surface area contributed by atoms with Gasteiger partial charge in [-0.1, -0.05) is 11.6 Å². The van der Waals surface area contributed by atoms with E-state index in [9.17, 15) is 4.79 Å². The summed E-state index contributed by atoms with van der Waals surface area (Å²) in [6, 6.07) is -0.519. The average Bonchev–Trinajstić information content (AvgIpc) is 1.98. The zero-order valence-corrected chi connectivity index (χ0v) is 7.26. The molecule has 64 valence electrons. The first kappa shape index (κ1) is 10.2. The fourth-order valence-corrected chi connectivity index (χ4v) is 0.610. The van der Waals surface area contributed by atoms with Gasteiger partial charge in [0.2, 0.25) is 0 Å². The van der Waals surface area contributed by atoms with Crippen LogP contribution in [0.15, 0.2) is 11.6 Å². The molecule has 0 rings (SSSR count). The minimum Gasteiger partial charge on any atom is -0.468 e. The van der Waals surface area contributed by atoms with E-state index < -0.39 is 6.04 Å². The monoisotopic (exact) mass is 157 g/mol. The van der Waals surface area contributed by atoms with Crippen LogP contribution >= 0.6 is 0 Å². The molecular formula is C8H15NO2. The smallest absolute Gasteiger partial charge is 0.322 e. The Balaban J connectivity index is 3.78. The van der Waals surface area contributed by atoms with E-state index in [1.54, 1.807) is 0 Å². The van der Waals surface area contributed by atoms with Crippen LogP contribution in [-0.4, -0.2) is 19.1 Å². The molecule has 2 N–H and O–H groups in total. The Kier molecular flexibility index (Phi) is 4.54. The Morgan fingerprint density at radius 2 is 2.18 bits per heavy atom. The fraction of sp³-hybridized carbons (Fsp3) is 0.625. The highest BCUT2D eigenvalue weighted by Gasteiger charge is 2.10. The number of hydrogen-bond donors (Lipinski definition) is 1. The van der Waals surface area contributed by atoms with Crippen LogP contribution in [-0.2, 0) is 9.53 Å². The molecule has 0 aromatic heterocycles. The summed E-state index contributed by atoms with van der Waals surface area (Å²) in [6.45, 7) is 3.92. The summed E-state index contributed by atoms with van der Waals surface area (Å²) in [5.74, 6) is -0.359. The van der Waals surface area contributed by atoms with Crippen LogP contribution < -0.4 is 5.73 Å². The van der Waals surface area contributed by atoms with Gasteiger partial charge in [0.1, 0.15) is 6.04 Å². The van der Waals surface area contributed by atoms with Crippen molar-refractivity contribution in [2.75, 3.05) is 7.11 Å². The summed E-state index contributed by atoms with van der Waals surface area (Å²) in [5.41, 5.74) is 6.61. The second-order valence-corrected chi connectivity index (χ2v) is 2.65. The van der Waals surface area contributed by atoms with Crippen LogP contribution in [0, 0.1) is 0 Å². The van der Waals surface area contributed by atoms with Crippen LogP contribution in [0.4, 0.5) is 0 Å². The molecule has 1 atom stereocenters. The van der Waals surface area contributed by atoms with Crippen molar-refractivity contribution in [1.29, 1.82) is 0 Å². The third-order valence-corrected chi connectivity index (χ3v) is 1.28. The van der Waals surface area contributed by atoms with Gasteiger partial charge in [0.15, 0.2) is 0 Å².